The number of rotatable bonds is 5. The topological polar surface area (TPSA) is 87.7 Å². The molecule has 3 N–H and O–H groups in total. The van der Waals surface area contributed by atoms with Gasteiger partial charge in [0.25, 0.3) is 0 Å². The molecule has 0 saturated heterocycles. The maximum absolute atomic E-state index is 11.9. The molecule has 0 saturated carbocycles. The molecule has 19 heavy (non-hydrogen) atoms. The molecular weight excluding hydrogens is 248 g/mol. The fourth-order valence-corrected chi connectivity index (χ4v) is 2.04. The summed E-state index contributed by atoms with van der Waals surface area (Å²) in [4.78, 5) is 22.7. The summed E-state index contributed by atoms with van der Waals surface area (Å²) in [6.45, 7) is -0.0425. The highest BCUT2D eigenvalue weighted by Crippen LogP contribution is 2.24. The number of carboxylic acids is 1. The van der Waals surface area contributed by atoms with Crippen LogP contribution in [0.1, 0.15) is 5.56 Å². The number of anilines is 1. The average molecular weight is 264 g/mol. The number of benzene rings is 1. The molecule has 1 aromatic carbocycles. The third-order valence-corrected chi connectivity index (χ3v) is 3.11. The second-order valence-corrected chi connectivity index (χ2v) is 4.37. The van der Waals surface area contributed by atoms with Gasteiger partial charge in [-0.1, -0.05) is 18.2 Å². The first-order valence-electron chi connectivity index (χ1n) is 5.99. The van der Waals surface area contributed by atoms with Gasteiger partial charge in [-0.2, -0.15) is 0 Å². The molecule has 0 aliphatic carbocycles. The van der Waals surface area contributed by atoms with E-state index in [1.807, 2.05) is 24.3 Å². The second-order valence-electron chi connectivity index (χ2n) is 4.37. The van der Waals surface area contributed by atoms with Gasteiger partial charge in [0.05, 0.1) is 6.54 Å². The normalized spacial score (nSPS) is 18.3. The van der Waals surface area contributed by atoms with E-state index in [9.17, 15) is 9.59 Å². The minimum absolute atomic E-state index is 0.0425. The van der Waals surface area contributed by atoms with Crippen molar-refractivity contribution in [3.8, 4) is 0 Å². The molecular formula is C13H16N2O4. The molecule has 0 aromatic heterocycles. The van der Waals surface area contributed by atoms with Crippen molar-refractivity contribution in [3.05, 3.63) is 29.8 Å². The number of aliphatic carboxylic acids is 1. The van der Waals surface area contributed by atoms with Crippen molar-refractivity contribution in [2.45, 2.75) is 18.6 Å². The summed E-state index contributed by atoms with van der Waals surface area (Å²) in [5.74, 6) is -1.31. The number of methoxy groups -OCH3 is 1. The third-order valence-electron chi connectivity index (χ3n) is 3.11. The predicted molar refractivity (Wildman–Crippen MR) is 69.0 cm³/mol. The molecule has 1 aliphatic heterocycles. The van der Waals surface area contributed by atoms with Gasteiger partial charge in [-0.15, -0.1) is 0 Å². The van der Waals surface area contributed by atoms with E-state index in [2.05, 4.69) is 10.6 Å². The molecule has 0 radical (unpaired) electrons. The SMILES string of the molecule is COC(CNC(=O)C1Cc2ccccc2N1)C(=O)O. The summed E-state index contributed by atoms with van der Waals surface area (Å²) in [6.07, 6.45) is -0.417. The smallest absolute Gasteiger partial charge is 0.334 e. The number of ether oxygens (including phenoxy) is 1. The molecule has 1 aromatic rings. The Hall–Kier alpha value is -2.08. The number of hydrogen-bond donors (Lipinski definition) is 3. The van der Waals surface area contributed by atoms with Gasteiger partial charge in [0.2, 0.25) is 5.91 Å². The fraction of sp³-hybridized carbons (Fsp3) is 0.385. The fourth-order valence-electron chi connectivity index (χ4n) is 2.04. The number of carbonyl (C=O) groups excluding carboxylic acids is 1. The summed E-state index contributed by atoms with van der Waals surface area (Å²) in [7, 11) is 1.30. The largest absolute Gasteiger partial charge is 0.479 e. The van der Waals surface area contributed by atoms with Crippen molar-refractivity contribution in [2.24, 2.45) is 0 Å². The molecule has 1 amide bonds. The molecule has 1 heterocycles. The first kappa shape index (κ1) is 13.4. The Labute approximate surface area is 110 Å². The van der Waals surface area contributed by atoms with Crippen molar-refractivity contribution >= 4 is 17.6 Å². The third kappa shape index (κ3) is 3.03. The highest BCUT2D eigenvalue weighted by molar-refractivity contribution is 5.87. The van der Waals surface area contributed by atoms with Gasteiger partial charge in [-0.25, -0.2) is 4.79 Å². The Bertz CT molecular complexity index is 464. The quantitative estimate of drug-likeness (QED) is 0.709. The van der Waals surface area contributed by atoms with E-state index in [0.29, 0.717) is 6.42 Å². The lowest BCUT2D eigenvalue weighted by atomic mass is 10.1. The number of para-hydroxylation sites is 1. The molecule has 2 unspecified atom stereocenters. The lowest BCUT2D eigenvalue weighted by Crippen LogP contribution is -2.44. The van der Waals surface area contributed by atoms with E-state index in [4.69, 9.17) is 9.84 Å². The molecule has 6 nitrogen and oxygen atoms in total. The van der Waals surface area contributed by atoms with Gasteiger partial charge in [0.15, 0.2) is 6.10 Å². The van der Waals surface area contributed by atoms with E-state index in [1.54, 1.807) is 0 Å². The second kappa shape index (κ2) is 5.71. The Kier molecular flexibility index (Phi) is 4.01. The van der Waals surface area contributed by atoms with Crippen LogP contribution in [0.5, 0.6) is 0 Å². The van der Waals surface area contributed by atoms with Crippen LogP contribution in [0.15, 0.2) is 24.3 Å². The lowest BCUT2D eigenvalue weighted by molar-refractivity contribution is -0.148. The summed E-state index contributed by atoms with van der Waals surface area (Å²) >= 11 is 0. The van der Waals surface area contributed by atoms with Crippen LogP contribution < -0.4 is 10.6 Å². The first-order valence-corrected chi connectivity index (χ1v) is 5.99. The summed E-state index contributed by atoms with van der Waals surface area (Å²) in [5, 5.41) is 14.5. The van der Waals surface area contributed by atoms with Gasteiger partial charge < -0.3 is 20.5 Å². The van der Waals surface area contributed by atoms with Gasteiger partial charge in [0.1, 0.15) is 6.04 Å². The van der Waals surface area contributed by atoms with Crippen LogP contribution in [-0.4, -0.2) is 42.8 Å². The van der Waals surface area contributed by atoms with Crippen molar-refractivity contribution in [1.82, 2.24) is 5.32 Å². The average Bonchev–Trinajstić information content (AvgIpc) is 2.82. The van der Waals surface area contributed by atoms with Crippen molar-refractivity contribution in [2.75, 3.05) is 19.0 Å². The standard InChI is InChI=1S/C13H16N2O4/c1-19-11(13(17)18)7-14-12(16)10-6-8-4-2-3-5-9(8)15-10/h2-5,10-11,15H,6-7H2,1H3,(H,14,16)(H,17,18). The number of fused-ring (bicyclic) bond motifs is 1. The van der Waals surface area contributed by atoms with E-state index in [-0.39, 0.29) is 18.5 Å². The van der Waals surface area contributed by atoms with Gasteiger partial charge in [-0.3, -0.25) is 4.79 Å². The molecule has 0 bridgehead atoms. The number of carbonyl (C=O) groups is 2. The first-order chi connectivity index (χ1) is 9.11. The Morgan fingerprint density at radius 3 is 2.89 bits per heavy atom. The highest BCUT2D eigenvalue weighted by atomic mass is 16.5. The summed E-state index contributed by atoms with van der Waals surface area (Å²) in [6, 6.07) is 7.34. The maximum atomic E-state index is 11.9. The van der Waals surface area contributed by atoms with Crippen LogP contribution >= 0.6 is 0 Å². The monoisotopic (exact) mass is 264 g/mol. The van der Waals surface area contributed by atoms with Crippen LogP contribution in [0.3, 0.4) is 0 Å². The summed E-state index contributed by atoms with van der Waals surface area (Å²) < 4.78 is 4.75. The predicted octanol–water partition coefficient (Wildman–Crippen LogP) is 0.239. The minimum Gasteiger partial charge on any atom is -0.479 e. The Balaban J connectivity index is 1.88. The maximum Gasteiger partial charge on any atom is 0.334 e. The molecule has 102 valence electrons. The highest BCUT2D eigenvalue weighted by Gasteiger charge is 2.27. The van der Waals surface area contributed by atoms with Gasteiger partial charge in [-0.05, 0) is 11.6 Å². The van der Waals surface area contributed by atoms with Crippen molar-refractivity contribution < 1.29 is 19.4 Å². The molecule has 2 rings (SSSR count). The number of hydrogen-bond acceptors (Lipinski definition) is 4. The van der Waals surface area contributed by atoms with E-state index >= 15 is 0 Å². The molecule has 6 heteroatoms. The molecule has 1 aliphatic rings. The van der Waals surface area contributed by atoms with E-state index < -0.39 is 12.1 Å². The van der Waals surface area contributed by atoms with Crippen LogP contribution in [0.25, 0.3) is 0 Å². The minimum atomic E-state index is -1.09. The lowest BCUT2D eigenvalue weighted by Gasteiger charge is -2.15. The van der Waals surface area contributed by atoms with Crippen molar-refractivity contribution in [1.29, 1.82) is 0 Å². The number of nitrogens with one attached hydrogen (secondary N) is 2. The molecule has 0 fully saturated rings. The van der Waals surface area contributed by atoms with Gasteiger partial charge in [0, 0.05) is 19.2 Å². The Morgan fingerprint density at radius 1 is 1.53 bits per heavy atom. The summed E-state index contributed by atoms with van der Waals surface area (Å²) in [5.41, 5.74) is 2.04. The molecule has 2 atom stereocenters. The Morgan fingerprint density at radius 2 is 2.26 bits per heavy atom. The van der Waals surface area contributed by atoms with Crippen LogP contribution in [0.2, 0.25) is 0 Å². The number of carboxylic acid groups (broad SMARTS) is 1. The zero-order valence-electron chi connectivity index (χ0n) is 10.6. The number of amides is 1. The van der Waals surface area contributed by atoms with E-state index in [0.717, 1.165) is 11.3 Å². The van der Waals surface area contributed by atoms with Gasteiger partial charge >= 0.3 is 5.97 Å². The van der Waals surface area contributed by atoms with E-state index in [1.165, 1.54) is 7.11 Å². The molecule has 0 spiro atoms. The van der Waals surface area contributed by atoms with Crippen molar-refractivity contribution in [3.63, 3.8) is 0 Å². The van der Waals surface area contributed by atoms with Crippen LogP contribution in [0, 0.1) is 0 Å². The zero-order chi connectivity index (χ0) is 13.8. The van der Waals surface area contributed by atoms with Crippen LogP contribution in [-0.2, 0) is 20.7 Å². The zero-order valence-corrected chi connectivity index (χ0v) is 10.6. The van der Waals surface area contributed by atoms with Crippen LogP contribution in [0.4, 0.5) is 5.69 Å².